The van der Waals surface area contributed by atoms with Crippen LogP contribution in [0.4, 0.5) is 5.69 Å². The molecular weight excluding hydrogens is 278 g/mol. The van der Waals surface area contributed by atoms with E-state index in [1.807, 2.05) is 0 Å². The molecule has 0 saturated heterocycles. The van der Waals surface area contributed by atoms with E-state index in [-0.39, 0.29) is 12.2 Å². The smallest absolute Gasteiger partial charge is 0.327 e. The van der Waals surface area contributed by atoms with Crippen LogP contribution in [0.1, 0.15) is 12.5 Å². The lowest BCUT2D eigenvalue weighted by Crippen LogP contribution is -2.46. The highest BCUT2D eigenvalue weighted by atomic mass is 16.6. The summed E-state index contributed by atoms with van der Waals surface area (Å²) in [5.74, 6) is -1.51. The second-order valence-corrected chi connectivity index (χ2v) is 4.47. The first-order chi connectivity index (χ1) is 9.90. The molecule has 0 aliphatic heterocycles. The Kier molecular flexibility index (Phi) is 6.28. The zero-order chi connectivity index (χ0) is 15.8. The van der Waals surface area contributed by atoms with Crippen molar-refractivity contribution in [3.05, 3.63) is 39.9 Å². The third kappa shape index (κ3) is 6.00. The van der Waals surface area contributed by atoms with E-state index in [0.29, 0.717) is 13.0 Å². The normalized spacial score (nSPS) is 11.7. The number of nitro groups is 1. The maximum Gasteiger partial charge on any atom is 0.327 e. The number of carboxylic acid groups (broad SMARTS) is 1. The van der Waals surface area contributed by atoms with E-state index < -0.39 is 22.8 Å². The average Bonchev–Trinajstić information content (AvgIpc) is 2.42. The van der Waals surface area contributed by atoms with Crippen molar-refractivity contribution in [2.75, 3.05) is 13.1 Å². The fraction of sp³-hybridized carbons (Fsp3) is 0.385. The molecular formula is C13H17N3O5. The molecule has 0 radical (unpaired) electrons. The molecule has 0 aliphatic rings. The molecule has 0 saturated carbocycles. The SMILES string of the molecule is CC(=O)NC(CNCCc1ccc([N+](=O)[O-])cc1)C(=O)O. The van der Waals surface area contributed by atoms with Gasteiger partial charge in [0.05, 0.1) is 4.92 Å². The summed E-state index contributed by atoms with van der Waals surface area (Å²) in [6.45, 7) is 1.87. The number of nitrogens with zero attached hydrogens (tertiary/aromatic N) is 1. The number of carbonyl (C=O) groups excluding carboxylic acids is 1. The summed E-state index contributed by atoms with van der Waals surface area (Å²) in [4.78, 5) is 31.8. The van der Waals surface area contributed by atoms with Crippen molar-refractivity contribution in [2.45, 2.75) is 19.4 Å². The lowest BCUT2D eigenvalue weighted by atomic mass is 10.1. The van der Waals surface area contributed by atoms with Gasteiger partial charge < -0.3 is 15.7 Å². The minimum Gasteiger partial charge on any atom is -0.480 e. The lowest BCUT2D eigenvalue weighted by Gasteiger charge is -2.14. The number of amides is 1. The molecule has 1 aromatic rings. The van der Waals surface area contributed by atoms with Gasteiger partial charge in [0.1, 0.15) is 6.04 Å². The second kappa shape index (κ2) is 7.95. The maximum atomic E-state index is 10.9. The minimum atomic E-state index is -1.10. The van der Waals surface area contributed by atoms with Gasteiger partial charge in [-0.3, -0.25) is 14.9 Å². The van der Waals surface area contributed by atoms with E-state index in [1.165, 1.54) is 19.1 Å². The van der Waals surface area contributed by atoms with Crippen LogP contribution in [-0.2, 0) is 16.0 Å². The van der Waals surface area contributed by atoms with Crippen LogP contribution in [0.3, 0.4) is 0 Å². The van der Waals surface area contributed by atoms with Gasteiger partial charge in [-0.1, -0.05) is 12.1 Å². The number of hydrogen-bond donors (Lipinski definition) is 3. The third-order valence-electron chi connectivity index (χ3n) is 2.76. The monoisotopic (exact) mass is 295 g/mol. The Bertz CT molecular complexity index is 515. The highest BCUT2D eigenvalue weighted by Gasteiger charge is 2.17. The van der Waals surface area contributed by atoms with Gasteiger partial charge in [-0.2, -0.15) is 0 Å². The van der Waals surface area contributed by atoms with Crippen LogP contribution in [0.25, 0.3) is 0 Å². The highest BCUT2D eigenvalue weighted by Crippen LogP contribution is 2.11. The molecule has 1 amide bonds. The molecule has 1 atom stereocenters. The van der Waals surface area contributed by atoms with Gasteiger partial charge in [-0.25, -0.2) is 4.79 Å². The number of nitrogens with one attached hydrogen (secondary N) is 2. The molecule has 0 spiro atoms. The quantitative estimate of drug-likeness (QED) is 0.360. The number of rotatable bonds is 8. The number of aliphatic carboxylic acids is 1. The minimum absolute atomic E-state index is 0.0308. The fourth-order valence-corrected chi connectivity index (χ4v) is 1.71. The molecule has 0 bridgehead atoms. The van der Waals surface area contributed by atoms with E-state index in [1.54, 1.807) is 12.1 Å². The van der Waals surface area contributed by atoms with Gasteiger partial charge in [0.2, 0.25) is 5.91 Å². The molecule has 1 aromatic carbocycles. The number of non-ortho nitro benzene ring substituents is 1. The van der Waals surface area contributed by atoms with Crippen molar-refractivity contribution in [1.82, 2.24) is 10.6 Å². The molecule has 0 heterocycles. The average molecular weight is 295 g/mol. The summed E-state index contributed by atoms with van der Waals surface area (Å²) in [7, 11) is 0. The number of hydrogen-bond acceptors (Lipinski definition) is 5. The maximum absolute atomic E-state index is 10.9. The first-order valence-electron chi connectivity index (χ1n) is 6.34. The number of benzene rings is 1. The van der Waals surface area contributed by atoms with E-state index in [4.69, 9.17) is 5.11 Å². The largest absolute Gasteiger partial charge is 0.480 e. The molecule has 21 heavy (non-hydrogen) atoms. The summed E-state index contributed by atoms with van der Waals surface area (Å²) in [6, 6.07) is 5.18. The van der Waals surface area contributed by atoms with Gasteiger partial charge >= 0.3 is 5.97 Å². The van der Waals surface area contributed by atoms with Gasteiger partial charge in [0.15, 0.2) is 0 Å². The Morgan fingerprint density at radius 1 is 1.33 bits per heavy atom. The Morgan fingerprint density at radius 2 is 1.95 bits per heavy atom. The lowest BCUT2D eigenvalue weighted by molar-refractivity contribution is -0.384. The zero-order valence-corrected chi connectivity index (χ0v) is 11.5. The third-order valence-corrected chi connectivity index (χ3v) is 2.76. The first-order valence-corrected chi connectivity index (χ1v) is 6.34. The summed E-state index contributed by atoms with van der Waals surface area (Å²) in [5.41, 5.74) is 0.933. The van der Waals surface area contributed by atoms with Crippen molar-refractivity contribution in [3.63, 3.8) is 0 Å². The first kappa shape index (κ1) is 16.6. The zero-order valence-electron chi connectivity index (χ0n) is 11.5. The molecule has 8 heteroatoms. The van der Waals surface area contributed by atoms with Crippen molar-refractivity contribution in [2.24, 2.45) is 0 Å². The predicted octanol–water partition coefficient (Wildman–Crippen LogP) is 0.316. The summed E-state index contributed by atoms with van der Waals surface area (Å²) >= 11 is 0. The molecule has 1 unspecified atom stereocenters. The van der Waals surface area contributed by atoms with Crippen LogP contribution in [0.2, 0.25) is 0 Å². The van der Waals surface area contributed by atoms with Crippen LogP contribution in [0, 0.1) is 10.1 Å². The van der Waals surface area contributed by atoms with Crippen molar-refractivity contribution >= 4 is 17.6 Å². The van der Waals surface area contributed by atoms with Crippen molar-refractivity contribution < 1.29 is 19.6 Å². The topological polar surface area (TPSA) is 122 Å². The Balaban J connectivity index is 2.37. The summed E-state index contributed by atoms with van der Waals surface area (Å²) in [6.07, 6.45) is 0.602. The van der Waals surface area contributed by atoms with Crippen LogP contribution < -0.4 is 10.6 Å². The van der Waals surface area contributed by atoms with Crippen LogP contribution >= 0.6 is 0 Å². The summed E-state index contributed by atoms with van der Waals surface area (Å²) in [5, 5.41) is 24.7. The van der Waals surface area contributed by atoms with Crippen LogP contribution in [0.5, 0.6) is 0 Å². The predicted molar refractivity (Wildman–Crippen MR) is 74.9 cm³/mol. The molecule has 0 aliphatic carbocycles. The van der Waals surface area contributed by atoms with Gasteiger partial charge in [0.25, 0.3) is 5.69 Å². The van der Waals surface area contributed by atoms with E-state index in [9.17, 15) is 19.7 Å². The van der Waals surface area contributed by atoms with Crippen molar-refractivity contribution in [3.8, 4) is 0 Å². The Morgan fingerprint density at radius 3 is 2.43 bits per heavy atom. The van der Waals surface area contributed by atoms with E-state index in [0.717, 1.165) is 5.56 Å². The molecule has 114 valence electrons. The fourth-order valence-electron chi connectivity index (χ4n) is 1.71. The van der Waals surface area contributed by atoms with Crippen molar-refractivity contribution in [1.29, 1.82) is 0 Å². The number of nitro benzene ring substituents is 1. The van der Waals surface area contributed by atoms with E-state index in [2.05, 4.69) is 10.6 Å². The van der Waals surface area contributed by atoms with Crippen LogP contribution in [0.15, 0.2) is 24.3 Å². The van der Waals surface area contributed by atoms with Crippen LogP contribution in [-0.4, -0.2) is 41.0 Å². The van der Waals surface area contributed by atoms with E-state index >= 15 is 0 Å². The standard InChI is InChI=1S/C13H17N3O5/c1-9(17)15-12(13(18)19)8-14-7-6-10-2-4-11(5-3-10)16(20)21/h2-5,12,14H,6-8H2,1H3,(H,15,17)(H,18,19). The number of carbonyl (C=O) groups is 2. The Labute approximate surface area is 121 Å². The van der Waals surface area contributed by atoms with Gasteiger partial charge in [-0.05, 0) is 18.5 Å². The second-order valence-electron chi connectivity index (χ2n) is 4.47. The molecule has 1 rings (SSSR count). The molecule has 0 fully saturated rings. The Hall–Kier alpha value is -2.48. The van der Waals surface area contributed by atoms with Gasteiger partial charge in [-0.15, -0.1) is 0 Å². The summed E-state index contributed by atoms with van der Waals surface area (Å²) < 4.78 is 0. The molecule has 3 N–H and O–H groups in total. The number of carboxylic acids is 1. The molecule has 0 aromatic heterocycles. The highest BCUT2D eigenvalue weighted by molar-refractivity contribution is 5.82. The van der Waals surface area contributed by atoms with Gasteiger partial charge in [0, 0.05) is 25.6 Å². The molecule has 8 nitrogen and oxygen atoms in total.